The van der Waals surface area contributed by atoms with Crippen molar-refractivity contribution in [2.45, 2.75) is 45.3 Å². The van der Waals surface area contributed by atoms with Crippen LogP contribution in [0, 0.1) is 0 Å². The van der Waals surface area contributed by atoms with Crippen molar-refractivity contribution in [3.63, 3.8) is 0 Å². The third-order valence-corrected chi connectivity index (χ3v) is 4.84. The Morgan fingerprint density at radius 2 is 1.83 bits per heavy atom. The summed E-state index contributed by atoms with van der Waals surface area (Å²) in [5.41, 5.74) is 3.99. The van der Waals surface area contributed by atoms with Crippen LogP contribution in [0.4, 0.5) is 0 Å². The van der Waals surface area contributed by atoms with Crippen LogP contribution in [-0.2, 0) is 17.6 Å². The third-order valence-electron chi connectivity index (χ3n) is 4.84. The van der Waals surface area contributed by atoms with Gasteiger partial charge in [0.15, 0.2) is 5.69 Å². The summed E-state index contributed by atoms with van der Waals surface area (Å²) in [4.78, 5) is 15.0. The number of morpholine rings is 1. The molecule has 126 valence electrons. The molecule has 0 unspecified atom stereocenters. The van der Waals surface area contributed by atoms with Crippen LogP contribution < -0.4 is 0 Å². The Kier molecular flexibility index (Phi) is 3.88. The molecule has 1 fully saturated rings. The molecule has 5 nitrogen and oxygen atoms in total. The summed E-state index contributed by atoms with van der Waals surface area (Å²) in [6, 6.07) is 10.1. The van der Waals surface area contributed by atoms with Crippen molar-refractivity contribution in [1.82, 2.24) is 14.7 Å². The van der Waals surface area contributed by atoms with Gasteiger partial charge >= 0.3 is 0 Å². The predicted octanol–water partition coefficient (Wildman–Crippen LogP) is 2.61. The molecule has 1 saturated heterocycles. The molecule has 1 aliphatic heterocycles. The molecular formula is C19H23N3O2. The molecule has 0 bridgehead atoms. The zero-order valence-electron chi connectivity index (χ0n) is 14.2. The molecule has 2 aliphatic rings. The highest BCUT2D eigenvalue weighted by molar-refractivity contribution is 5.94. The highest BCUT2D eigenvalue weighted by Crippen LogP contribution is 2.29. The van der Waals surface area contributed by atoms with Gasteiger partial charge in [-0.05, 0) is 45.2 Å². The number of aromatic nitrogens is 2. The van der Waals surface area contributed by atoms with Gasteiger partial charge in [0.05, 0.1) is 17.9 Å². The van der Waals surface area contributed by atoms with Crippen LogP contribution in [0.3, 0.4) is 0 Å². The average Bonchev–Trinajstić information content (AvgIpc) is 3.16. The largest absolute Gasteiger partial charge is 0.372 e. The van der Waals surface area contributed by atoms with E-state index in [1.54, 1.807) is 0 Å². The second-order valence-electron chi connectivity index (χ2n) is 6.84. The van der Waals surface area contributed by atoms with E-state index in [9.17, 15) is 4.79 Å². The second-order valence-corrected chi connectivity index (χ2v) is 6.84. The van der Waals surface area contributed by atoms with E-state index in [1.807, 2.05) is 53.8 Å². The van der Waals surface area contributed by atoms with Crippen molar-refractivity contribution in [2.75, 3.05) is 13.1 Å². The zero-order chi connectivity index (χ0) is 16.7. The Morgan fingerprint density at radius 1 is 1.12 bits per heavy atom. The lowest BCUT2D eigenvalue weighted by Gasteiger charge is -2.35. The summed E-state index contributed by atoms with van der Waals surface area (Å²) < 4.78 is 7.71. The van der Waals surface area contributed by atoms with Crippen molar-refractivity contribution < 1.29 is 9.53 Å². The van der Waals surface area contributed by atoms with Crippen LogP contribution in [0.5, 0.6) is 0 Å². The Labute approximate surface area is 142 Å². The third kappa shape index (κ3) is 2.63. The Bertz CT molecular complexity index is 743. The normalized spacial score (nSPS) is 23.3. The lowest BCUT2D eigenvalue weighted by atomic mass is 10.1. The van der Waals surface area contributed by atoms with Gasteiger partial charge in [-0.15, -0.1) is 0 Å². The van der Waals surface area contributed by atoms with E-state index in [0.29, 0.717) is 18.8 Å². The molecule has 1 aromatic heterocycles. The average molecular weight is 325 g/mol. The number of ether oxygens (including phenoxy) is 1. The molecular weight excluding hydrogens is 302 g/mol. The fourth-order valence-electron chi connectivity index (χ4n) is 3.89. The van der Waals surface area contributed by atoms with Crippen LogP contribution in [0.15, 0.2) is 30.3 Å². The molecule has 2 atom stereocenters. The number of nitrogens with zero attached hydrogens (tertiary/aromatic N) is 3. The number of carbonyl (C=O) groups excluding carboxylic acids is 1. The van der Waals surface area contributed by atoms with E-state index >= 15 is 0 Å². The van der Waals surface area contributed by atoms with Crippen LogP contribution in [0.1, 0.15) is 42.0 Å². The number of para-hydroxylation sites is 1. The molecule has 5 heteroatoms. The van der Waals surface area contributed by atoms with Gasteiger partial charge in [-0.2, -0.15) is 5.10 Å². The maximum Gasteiger partial charge on any atom is 0.274 e. The standard InChI is InChI=1S/C19H23N3O2/c1-13-11-21(12-14(2)24-13)19(23)18-16-9-6-10-17(16)22(20-18)15-7-4-3-5-8-15/h3-5,7-8,13-14H,6,9-12H2,1-2H3/t13-,14-/m1/s1. The van der Waals surface area contributed by atoms with Crippen LogP contribution >= 0.6 is 0 Å². The first-order valence-corrected chi connectivity index (χ1v) is 8.74. The number of fused-ring (bicyclic) bond motifs is 1. The van der Waals surface area contributed by atoms with Gasteiger partial charge in [-0.3, -0.25) is 4.79 Å². The van der Waals surface area contributed by atoms with E-state index in [1.165, 1.54) is 5.69 Å². The van der Waals surface area contributed by atoms with Gasteiger partial charge in [0.2, 0.25) is 0 Å². The molecule has 2 heterocycles. The van der Waals surface area contributed by atoms with Gasteiger partial charge in [0.25, 0.3) is 5.91 Å². The molecule has 1 aliphatic carbocycles. The van der Waals surface area contributed by atoms with Gasteiger partial charge in [-0.1, -0.05) is 18.2 Å². The monoisotopic (exact) mass is 325 g/mol. The van der Waals surface area contributed by atoms with Gasteiger partial charge in [-0.25, -0.2) is 4.68 Å². The van der Waals surface area contributed by atoms with E-state index in [4.69, 9.17) is 9.84 Å². The molecule has 0 saturated carbocycles. The highest BCUT2D eigenvalue weighted by atomic mass is 16.5. The minimum absolute atomic E-state index is 0.0461. The maximum atomic E-state index is 13.1. The first-order valence-electron chi connectivity index (χ1n) is 8.74. The molecule has 0 spiro atoms. The number of carbonyl (C=O) groups is 1. The minimum Gasteiger partial charge on any atom is -0.372 e. The Morgan fingerprint density at radius 3 is 2.54 bits per heavy atom. The topological polar surface area (TPSA) is 47.4 Å². The Hall–Kier alpha value is -2.14. The quantitative estimate of drug-likeness (QED) is 0.853. The summed E-state index contributed by atoms with van der Waals surface area (Å²) in [6.45, 7) is 5.30. The first-order chi connectivity index (χ1) is 11.6. The summed E-state index contributed by atoms with van der Waals surface area (Å²) in [7, 11) is 0. The number of rotatable bonds is 2. The van der Waals surface area contributed by atoms with Crippen molar-refractivity contribution in [2.24, 2.45) is 0 Å². The second kappa shape index (κ2) is 6.06. The van der Waals surface area contributed by atoms with Gasteiger partial charge < -0.3 is 9.64 Å². The number of benzene rings is 1. The lowest BCUT2D eigenvalue weighted by molar-refractivity contribution is -0.0587. The van der Waals surface area contributed by atoms with E-state index < -0.39 is 0 Å². The Balaban J connectivity index is 1.70. The maximum absolute atomic E-state index is 13.1. The zero-order valence-corrected chi connectivity index (χ0v) is 14.2. The van der Waals surface area contributed by atoms with Crippen molar-refractivity contribution >= 4 is 5.91 Å². The van der Waals surface area contributed by atoms with E-state index in [2.05, 4.69) is 0 Å². The van der Waals surface area contributed by atoms with Gasteiger partial charge in [0, 0.05) is 24.3 Å². The predicted molar refractivity (Wildman–Crippen MR) is 91.5 cm³/mol. The molecule has 2 aromatic rings. The molecule has 0 radical (unpaired) electrons. The fraction of sp³-hybridized carbons (Fsp3) is 0.474. The summed E-state index contributed by atoms with van der Waals surface area (Å²) in [5, 5.41) is 4.71. The smallest absolute Gasteiger partial charge is 0.274 e. The van der Waals surface area contributed by atoms with Crippen LogP contribution in [-0.4, -0.2) is 45.9 Å². The summed E-state index contributed by atoms with van der Waals surface area (Å²) in [6.07, 6.45) is 3.17. The van der Waals surface area contributed by atoms with Gasteiger partial charge in [0.1, 0.15) is 0 Å². The van der Waals surface area contributed by atoms with Crippen molar-refractivity contribution in [1.29, 1.82) is 0 Å². The summed E-state index contributed by atoms with van der Waals surface area (Å²) >= 11 is 0. The molecule has 24 heavy (non-hydrogen) atoms. The molecule has 0 N–H and O–H groups in total. The van der Waals surface area contributed by atoms with Crippen LogP contribution in [0.2, 0.25) is 0 Å². The first kappa shape index (κ1) is 15.4. The SMILES string of the molecule is C[C@@H]1CN(C(=O)c2nn(-c3ccccc3)c3c2CCC3)C[C@@H](C)O1. The lowest BCUT2D eigenvalue weighted by Crippen LogP contribution is -2.48. The molecule has 1 aromatic carbocycles. The molecule has 4 rings (SSSR count). The fourth-order valence-corrected chi connectivity index (χ4v) is 3.89. The van der Waals surface area contributed by atoms with E-state index in [0.717, 1.165) is 30.5 Å². The summed E-state index contributed by atoms with van der Waals surface area (Å²) in [5.74, 6) is 0.0461. The van der Waals surface area contributed by atoms with E-state index in [-0.39, 0.29) is 18.1 Å². The molecule has 1 amide bonds. The number of hydrogen-bond donors (Lipinski definition) is 0. The minimum atomic E-state index is 0.0461. The number of hydrogen-bond acceptors (Lipinski definition) is 3. The van der Waals surface area contributed by atoms with Crippen LogP contribution in [0.25, 0.3) is 5.69 Å². The highest BCUT2D eigenvalue weighted by Gasteiger charge is 2.32. The number of amides is 1. The van der Waals surface area contributed by atoms with Crippen molar-refractivity contribution in [3.8, 4) is 5.69 Å². The van der Waals surface area contributed by atoms with Crippen molar-refractivity contribution in [3.05, 3.63) is 47.3 Å².